The van der Waals surface area contributed by atoms with Crippen molar-refractivity contribution in [2.75, 3.05) is 12.4 Å². The SMILES string of the molecule is COc1nccnc1C(=CN)Oc1cnc2nc(Nc3cc(C(F)(F)F)cn(C)c3=O)n(C)c2c1Cl. The zero-order chi connectivity index (χ0) is 26.2. The van der Waals surface area contributed by atoms with E-state index in [1.165, 1.54) is 37.3 Å². The molecule has 0 bridgehead atoms. The number of hydrogen-bond donors (Lipinski definition) is 2. The van der Waals surface area contributed by atoms with Crippen LogP contribution in [-0.2, 0) is 20.3 Å². The van der Waals surface area contributed by atoms with Crippen LogP contribution in [0.2, 0.25) is 5.02 Å². The summed E-state index contributed by atoms with van der Waals surface area (Å²) in [5.41, 5.74) is 4.34. The molecule has 0 saturated heterocycles. The van der Waals surface area contributed by atoms with Gasteiger partial charge in [0.25, 0.3) is 5.56 Å². The van der Waals surface area contributed by atoms with Gasteiger partial charge in [-0.3, -0.25) is 4.79 Å². The quantitative estimate of drug-likeness (QED) is 0.366. The molecule has 4 heterocycles. The molecule has 15 heteroatoms. The van der Waals surface area contributed by atoms with Crippen LogP contribution in [0.3, 0.4) is 0 Å². The number of rotatable bonds is 6. The first-order chi connectivity index (χ1) is 17.0. The first kappa shape index (κ1) is 24.8. The van der Waals surface area contributed by atoms with Crippen LogP contribution in [-0.4, -0.2) is 36.2 Å². The third kappa shape index (κ3) is 4.49. The number of ether oxygens (including phenoxy) is 2. The summed E-state index contributed by atoms with van der Waals surface area (Å²) in [5.74, 6) is 0.348. The summed E-state index contributed by atoms with van der Waals surface area (Å²) < 4.78 is 52.9. The van der Waals surface area contributed by atoms with E-state index in [-0.39, 0.29) is 50.9 Å². The van der Waals surface area contributed by atoms with Crippen LogP contribution in [0.1, 0.15) is 11.3 Å². The second kappa shape index (κ2) is 9.37. The summed E-state index contributed by atoms with van der Waals surface area (Å²) in [4.78, 5) is 29.1. The zero-order valence-electron chi connectivity index (χ0n) is 19.0. The van der Waals surface area contributed by atoms with Gasteiger partial charge in [-0.25, -0.2) is 15.0 Å². The molecule has 3 N–H and O–H groups in total. The number of methoxy groups -OCH3 is 1. The summed E-state index contributed by atoms with van der Waals surface area (Å²) in [5, 5.41) is 2.71. The second-order valence-electron chi connectivity index (χ2n) is 7.33. The zero-order valence-corrected chi connectivity index (χ0v) is 19.7. The van der Waals surface area contributed by atoms with Gasteiger partial charge >= 0.3 is 6.18 Å². The van der Waals surface area contributed by atoms with Crippen molar-refractivity contribution in [3.8, 4) is 11.6 Å². The minimum atomic E-state index is -4.65. The van der Waals surface area contributed by atoms with Crippen molar-refractivity contribution < 1.29 is 22.6 Å². The van der Waals surface area contributed by atoms with Crippen LogP contribution in [0, 0.1) is 0 Å². The van der Waals surface area contributed by atoms with Gasteiger partial charge < -0.3 is 29.7 Å². The molecule has 0 spiro atoms. The van der Waals surface area contributed by atoms with Crippen molar-refractivity contribution in [3.05, 3.63) is 63.7 Å². The number of anilines is 2. The minimum absolute atomic E-state index is 0.0261. The van der Waals surface area contributed by atoms with Gasteiger partial charge in [-0.2, -0.15) is 18.2 Å². The van der Waals surface area contributed by atoms with Crippen molar-refractivity contribution in [2.45, 2.75) is 6.18 Å². The Hall–Kier alpha value is -4.33. The predicted molar refractivity (Wildman–Crippen MR) is 125 cm³/mol. The maximum Gasteiger partial charge on any atom is 0.417 e. The molecule has 0 aliphatic heterocycles. The number of aryl methyl sites for hydroxylation is 2. The van der Waals surface area contributed by atoms with Gasteiger partial charge in [-0.1, -0.05) is 11.6 Å². The van der Waals surface area contributed by atoms with Gasteiger partial charge in [0.05, 0.1) is 18.9 Å². The highest BCUT2D eigenvalue weighted by molar-refractivity contribution is 6.36. The third-order valence-corrected chi connectivity index (χ3v) is 5.39. The first-order valence-electron chi connectivity index (χ1n) is 10.1. The van der Waals surface area contributed by atoms with E-state index < -0.39 is 17.3 Å². The molecule has 0 amide bonds. The van der Waals surface area contributed by atoms with Crippen molar-refractivity contribution in [1.29, 1.82) is 0 Å². The van der Waals surface area contributed by atoms with Crippen LogP contribution in [0.4, 0.5) is 24.8 Å². The fraction of sp³-hybridized carbons (Fsp3) is 0.190. The molecular formula is C21H18ClF3N8O3. The molecule has 0 unspecified atom stereocenters. The van der Waals surface area contributed by atoms with Crippen LogP contribution in [0.5, 0.6) is 11.6 Å². The molecule has 188 valence electrons. The highest BCUT2D eigenvalue weighted by atomic mass is 35.5. The average Bonchev–Trinajstić information content (AvgIpc) is 3.16. The minimum Gasteiger partial charge on any atom is -0.479 e. The molecule has 0 fully saturated rings. The number of nitrogens with two attached hydrogens (primary N) is 1. The van der Waals surface area contributed by atoms with Crippen molar-refractivity contribution in [3.63, 3.8) is 0 Å². The van der Waals surface area contributed by atoms with E-state index in [1.807, 2.05) is 0 Å². The summed E-state index contributed by atoms with van der Waals surface area (Å²) in [6.07, 6.45) is 1.35. The summed E-state index contributed by atoms with van der Waals surface area (Å²) in [6, 6.07) is 0.706. The van der Waals surface area contributed by atoms with Crippen molar-refractivity contribution in [1.82, 2.24) is 29.1 Å². The number of nitrogens with zero attached hydrogens (tertiary/aromatic N) is 6. The number of imidazole rings is 1. The lowest BCUT2D eigenvalue weighted by Crippen LogP contribution is -2.23. The topological polar surface area (TPSA) is 135 Å². The standard InChI is InChI=1S/C21H18ClF3N8O3/c1-32-9-10(21(23,24)25)6-11(19(32)34)30-20-31-17-16(33(20)2)14(22)13(8-29-17)36-12(7-26)15-18(35-3)28-5-4-27-15/h4-9H,26H2,1-3H3,(H,29,30,31). The van der Waals surface area contributed by atoms with Crippen LogP contribution in [0.15, 0.2) is 41.8 Å². The molecule has 0 radical (unpaired) electrons. The maximum absolute atomic E-state index is 13.2. The molecule has 0 aliphatic carbocycles. The molecule has 4 rings (SSSR count). The Morgan fingerprint density at radius 1 is 1.22 bits per heavy atom. The average molecular weight is 523 g/mol. The first-order valence-corrected chi connectivity index (χ1v) is 10.4. The van der Waals surface area contributed by atoms with Crippen LogP contribution >= 0.6 is 11.6 Å². The predicted octanol–water partition coefficient (Wildman–Crippen LogP) is 3.22. The Kier molecular flexibility index (Phi) is 6.45. The second-order valence-corrected chi connectivity index (χ2v) is 7.71. The number of pyridine rings is 2. The highest BCUT2D eigenvalue weighted by Crippen LogP contribution is 2.36. The molecule has 0 saturated carbocycles. The van der Waals surface area contributed by atoms with Gasteiger partial charge in [0.1, 0.15) is 16.2 Å². The lowest BCUT2D eigenvalue weighted by molar-refractivity contribution is -0.138. The largest absolute Gasteiger partial charge is 0.479 e. The van der Waals surface area contributed by atoms with E-state index in [2.05, 4.69) is 25.3 Å². The fourth-order valence-corrected chi connectivity index (χ4v) is 3.59. The fourth-order valence-electron chi connectivity index (χ4n) is 3.30. The Balaban J connectivity index is 1.73. The van der Waals surface area contributed by atoms with E-state index >= 15 is 0 Å². The molecule has 11 nitrogen and oxygen atoms in total. The van der Waals surface area contributed by atoms with Crippen molar-refractivity contribution >= 4 is 40.2 Å². The lowest BCUT2D eigenvalue weighted by atomic mass is 10.2. The highest BCUT2D eigenvalue weighted by Gasteiger charge is 2.32. The Morgan fingerprint density at radius 2 is 1.94 bits per heavy atom. The summed E-state index contributed by atoms with van der Waals surface area (Å²) in [7, 11) is 4.16. The van der Waals surface area contributed by atoms with E-state index in [1.54, 1.807) is 7.05 Å². The molecule has 0 aliphatic rings. The molecule has 4 aromatic rings. The number of alkyl halides is 3. The van der Waals surface area contributed by atoms with Gasteiger partial charge in [0.15, 0.2) is 22.8 Å². The summed E-state index contributed by atoms with van der Waals surface area (Å²) in [6.45, 7) is 0. The summed E-state index contributed by atoms with van der Waals surface area (Å²) >= 11 is 6.56. The van der Waals surface area contributed by atoms with E-state index in [4.69, 9.17) is 26.8 Å². The van der Waals surface area contributed by atoms with E-state index in [0.717, 1.165) is 10.8 Å². The third-order valence-electron chi connectivity index (χ3n) is 5.02. The molecular weight excluding hydrogens is 505 g/mol. The normalized spacial score (nSPS) is 12.1. The van der Waals surface area contributed by atoms with E-state index in [0.29, 0.717) is 12.3 Å². The number of halogens is 4. The van der Waals surface area contributed by atoms with Gasteiger partial charge in [-0.15, -0.1) is 0 Å². The van der Waals surface area contributed by atoms with Crippen LogP contribution in [0.25, 0.3) is 16.9 Å². The monoisotopic (exact) mass is 522 g/mol. The molecule has 36 heavy (non-hydrogen) atoms. The van der Waals surface area contributed by atoms with Gasteiger partial charge in [-0.05, 0) is 6.07 Å². The lowest BCUT2D eigenvalue weighted by Gasteiger charge is -2.13. The van der Waals surface area contributed by atoms with E-state index in [9.17, 15) is 18.0 Å². The number of hydrogen-bond acceptors (Lipinski definition) is 9. The smallest absolute Gasteiger partial charge is 0.417 e. The van der Waals surface area contributed by atoms with Gasteiger partial charge in [0, 0.05) is 38.9 Å². The number of fused-ring (bicyclic) bond motifs is 1. The molecule has 0 aromatic carbocycles. The van der Waals surface area contributed by atoms with Gasteiger partial charge in [0.2, 0.25) is 11.8 Å². The number of nitrogens with one attached hydrogen (secondary N) is 1. The Bertz CT molecular complexity index is 1550. The van der Waals surface area contributed by atoms with Crippen molar-refractivity contribution in [2.24, 2.45) is 19.8 Å². The Labute approximate surface area is 206 Å². The number of aromatic nitrogens is 6. The molecule has 0 atom stereocenters. The Morgan fingerprint density at radius 3 is 2.61 bits per heavy atom. The molecule has 4 aromatic heterocycles. The van der Waals surface area contributed by atoms with Crippen LogP contribution < -0.4 is 26.1 Å². The maximum atomic E-state index is 13.2.